The summed E-state index contributed by atoms with van der Waals surface area (Å²) in [7, 11) is 3.30. The fourth-order valence-electron chi connectivity index (χ4n) is 4.54. The first-order valence-corrected chi connectivity index (χ1v) is 12.4. The smallest absolute Gasteiger partial charge is 0.236 e. The number of carbonyl (C=O) groups is 2. The summed E-state index contributed by atoms with van der Waals surface area (Å²) in [5.74, 6) is 1.89. The molecule has 0 radical (unpaired) electrons. The van der Waals surface area contributed by atoms with Crippen molar-refractivity contribution in [2.75, 3.05) is 73.1 Å². The fourth-order valence-corrected chi connectivity index (χ4v) is 4.54. The Morgan fingerprint density at radius 3 is 2.24 bits per heavy atom. The fraction of sp³-hybridized carbons (Fsp3) is 0.615. The minimum Gasteiger partial charge on any atom is -0.497 e. The molecule has 1 aromatic carbocycles. The highest BCUT2D eigenvalue weighted by Crippen LogP contribution is 2.26. The van der Waals surface area contributed by atoms with Gasteiger partial charge in [0.15, 0.2) is 0 Å². The Morgan fingerprint density at radius 2 is 1.71 bits per heavy atom. The van der Waals surface area contributed by atoms with Crippen molar-refractivity contribution in [3.8, 4) is 11.5 Å². The van der Waals surface area contributed by atoms with E-state index in [1.807, 2.05) is 42.2 Å². The van der Waals surface area contributed by atoms with Gasteiger partial charge in [-0.15, -0.1) is 0 Å². The molecule has 2 heterocycles. The van der Waals surface area contributed by atoms with Gasteiger partial charge in [0.05, 0.1) is 20.8 Å². The summed E-state index contributed by atoms with van der Waals surface area (Å²) in [5.41, 5.74) is 1.06. The molecule has 2 aliphatic heterocycles. The lowest BCUT2D eigenvalue weighted by atomic mass is 9.91. The van der Waals surface area contributed by atoms with Gasteiger partial charge in [-0.05, 0) is 31.9 Å². The molecule has 0 aromatic heterocycles. The quantitative estimate of drug-likeness (QED) is 0.567. The summed E-state index contributed by atoms with van der Waals surface area (Å²) in [6, 6.07) is 6.55. The van der Waals surface area contributed by atoms with Crippen LogP contribution in [0, 0.1) is 0 Å². The van der Waals surface area contributed by atoms with Gasteiger partial charge in [0.1, 0.15) is 11.5 Å². The van der Waals surface area contributed by atoms with Crippen LogP contribution in [0.4, 0.5) is 0 Å². The standard InChI is InChI=1S/C15H26N4O2.C11H14O2/c20-13-17-6-4-16(5-7-17)12-15(21)19-10-8-18(9-11-19)14-2-1-3-14;1-4-5-9-6-7-10(12-2)8-11(9)13-3/h13-14H,1-12H2;4-8H,1-3H3/b;5-4+. The molecule has 0 atom stereocenters. The molecule has 2 amide bonds. The summed E-state index contributed by atoms with van der Waals surface area (Å²) in [5, 5.41) is 0. The largest absolute Gasteiger partial charge is 0.497 e. The molecule has 188 valence electrons. The van der Waals surface area contributed by atoms with E-state index in [0.29, 0.717) is 6.54 Å². The second-order valence-electron chi connectivity index (χ2n) is 9.03. The van der Waals surface area contributed by atoms with Crippen LogP contribution in [0.2, 0.25) is 0 Å². The summed E-state index contributed by atoms with van der Waals surface area (Å²) in [6.45, 7) is 9.43. The van der Waals surface area contributed by atoms with Crippen LogP contribution in [0.5, 0.6) is 11.5 Å². The number of benzene rings is 1. The van der Waals surface area contributed by atoms with Gasteiger partial charge >= 0.3 is 0 Å². The van der Waals surface area contributed by atoms with E-state index in [0.717, 1.165) is 81.9 Å². The van der Waals surface area contributed by atoms with Crippen LogP contribution in [0.15, 0.2) is 24.3 Å². The normalized spacial score (nSPS) is 19.9. The number of rotatable bonds is 7. The lowest BCUT2D eigenvalue weighted by Crippen LogP contribution is -2.56. The van der Waals surface area contributed by atoms with Gasteiger partial charge < -0.3 is 19.3 Å². The Labute approximate surface area is 204 Å². The zero-order valence-electron chi connectivity index (χ0n) is 20.9. The monoisotopic (exact) mass is 472 g/mol. The van der Waals surface area contributed by atoms with Crippen molar-refractivity contribution < 1.29 is 19.1 Å². The van der Waals surface area contributed by atoms with E-state index in [2.05, 4.69) is 9.80 Å². The maximum Gasteiger partial charge on any atom is 0.236 e. The van der Waals surface area contributed by atoms with E-state index in [4.69, 9.17) is 9.47 Å². The van der Waals surface area contributed by atoms with E-state index in [-0.39, 0.29) is 5.91 Å². The van der Waals surface area contributed by atoms with E-state index in [9.17, 15) is 9.59 Å². The first kappa shape index (κ1) is 26.0. The zero-order valence-corrected chi connectivity index (χ0v) is 20.9. The van der Waals surface area contributed by atoms with Crippen molar-refractivity contribution in [1.29, 1.82) is 0 Å². The highest BCUT2D eigenvalue weighted by atomic mass is 16.5. The predicted octanol–water partition coefficient (Wildman–Crippen LogP) is 2.19. The Kier molecular flexibility index (Phi) is 10.2. The molecule has 34 heavy (non-hydrogen) atoms. The molecule has 8 nitrogen and oxygen atoms in total. The second kappa shape index (κ2) is 13.3. The molecule has 1 aliphatic carbocycles. The van der Waals surface area contributed by atoms with Gasteiger partial charge in [-0.25, -0.2) is 0 Å². The van der Waals surface area contributed by atoms with E-state index >= 15 is 0 Å². The average Bonchev–Trinajstić information content (AvgIpc) is 2.84. The first-order valence-electron chi connectivity index (χ1n) is 12.4. The van der Waals surface area contributed by atoms with E-state index < -0.39 is 0 Å². The molecule has 1 aromatic rings. The van der Waals surface area contributed by atoms with Gasteiger partial charge in [-0.3, -0.25) is 19.4 Å². The Balaban J connectivity index is 0.000000215. The molecule has 0 bridgehead atoms. The molecule has 0 N–H and O–H groups in total. The Bertz CT molecular complexity index is 811. The van der Waals surface area contributed by atoms with Crippen LogP contribution >= 0.6 is 0 Å². The van der Waals surface area contributed by atoms with Crippen molar-refractivity contribution in [2.24, 2.45) is 0 Å². The average molecular weight is 473 g/mol. The van der Waals surface area contributed by atoms with Crippen LogP contribution in [-0.4, -0.2) is 111 Å². The molecule has 3 fully saturated rings. The maximum atomic E-state index is 12.4. The summed E-state index contributed by atoms with van der Waals surface area (Å²) in [6.07, 6.45) is 8.93. The first-order chi connectivity index (χ1) is 16.6. The molecule has 0 unspecified atom stereocenters. The molecule has 8 heteroatoms. The van der Waals surface area contributed by atoms with Gasteiger partial charge in [0.2, 0.25) is 12.3 Å². The number of methoxy groups -OCH3 is 2. The summed E-state index contributed by atoms with van der Waals surface area (Å²) < 4.78 is 10.3. The van der Waals surface area contributed by atoms with Crippen LogP contribution in [0.1, 0.15) is 31.7 Å². The summed E-state index contributed by atoms with van der Waals surface area (Å²) >= 11 is 0. The van der Waals surface area contributed by atoms with Crippen LogP contribution in [0.3, 0.4) is 0 Å². The number of amides is 2. The molecule has 0 spiro atoms. The molecule has 4 rings (SSSR count). The lowest BCUT2D eigenvalue weighted by Gasteiger charge is -2.43. The third kappa shape index (κ3) is 7.21. The molecule has 3 aliphatic rings. The maximum absolute atomic E-state index is 12.4. The Morgan fingerprint density at radius 1 is 1.00 bits per heavy atom. The highest BCUT2D eigenvalue weighted by Gasteiger charge is 2.30. The van der Waals surface area contributed by atoms with Gasteiger partial charge in [-0.1, -0.05) is 18.6 Å². The third-order valence-corrected chi connectivity index (χ3v) is 6.96. The number of allylic oxidation sites excluding steroid dienone is 1. The van der Waals surface area contributed by atoms with Gasteiger partial charge in [0, 0.05) is 70.0 Å². The Hall–Kier alpha value is -2.58. The number of carbonyl (C=O) groups excluding carboxylic acids is 2. The van der Waals surface area contributed by atoms with Crippen molar-refractivity contribution in [1.82, 2.24) is 19.6 Å². The number of nitrogens with zero attached hydrogens (tertiary/aromatic N) is 4. The molecule has 2 saturated heterocycles. The topological polar surface area (TPSA) is 65.6 Å². The SMILES string of the molecule is C/C=C/c1ccc(OC)cc1OC.O=CN1CCN(CC(=O)N2CCN(C3CCC3)CC2)CC1. The second-order valence-corrected chi connectivity index (χ2v) is 9.03. The minimum atomic E-state index is 0.253. The number of piperazine rings is 2. The van der Waals surface area contributed by atoms with Gasteiger partial charge in [0.25, 0.3) is 0 Å². The number of ether oxygens (including phenoxy) is 2. The minimum absolute atomic E-state index is 0.253. The molecule has 1 saturated carbocycles. The molecular weight excluding hydrogens is 432 g/mol. The van der Waals surface area contributed by atoms with Crippen molar-refractivity contribution in [3.05, 3.63) is 29.8 Å². The third-order valence-electron chi connectivity index (χ3n) is 6.96. The van der Waals surface area contributed by atoms with Crippen molar-refractivity contribution in [3.63, 3.8) is 0 Å². The predicted molar refractivity (Wildman–Crippen MR) is 134 cm³/mol. The number of hydrogen-bond donors (Lipinski definition) is 0. The highest BCUT2D eigenvalue weighted by molar-refractivity contribution is 5.78. The number of hydrogen-bond acceptors (Lipinski definition) is 6. The van der Waals surface area contributed by atoms with E-state index in [1.54, 1.807) is 19.1 Å². The lowest BCUT2D eigenvalue weighted by molar-refractivity contribution is -0.135. The van der Waals surface area contributed by atoms with Crippen LogP contribution < -0.4 is 9.47 Å². The van der Waals surface area contributed by atoms with Gasteiger partial charge in [-0.2, -0.15) is 0 Å². The van der Waals surface area contributed by atoms with Crippen LogP contribution in [0.25, 0.3) is 6.08 Å². The van der Waals surface area contributed by atoms with Crippen LogP contribution in [-0.2, 0) is 9.59 Å². The zero-order chi connectivity index (χ0) is 24.3. The molecular formula is C26H40N4O4. The van der Waals surface area contributed by atoms with Crippen molar-refractivity contribution >= 4 is 18.4 Å². The summed E-state index contributed by atoms with van der Waals surface area (Å²) in [4.78, 5) is 31.5. The van der Waals surface area contributed by atoms with E-state index in [1.165, 1.54) is 19.3 Å². The van der Waals surface area contributed by atoms with Crippen molar-refractivity contribution in [2.45, 2.75) is 32.2 Å².